The quantitative estimate of drug-likeness (QED) is 0.798. The second-order valence-electron chi connectivity index (χ2n) is 4.40. The minimum atomic E-state index is 0.0267. The van der Waals surface area contributed by atoms with Crippen LogP contribution in [-0.2, 0) is 11.2 Å². The number of anilines is 1. The molecule has 2 heterocycles. The summed E-state index contributed by atoms with van der Waals surface area (Å²) in [5, 5.41) is 0. The molecule has 1 amide bonds. The molecule has 0 radical (unpaired) electrons. The third-order valence-corrected chi connectivity index (χ3v) is 4.25. The summed E-state index contributed by atoms with van der Waals surface area (Å²) in [5.74, 6) is 1.01. The van der Waals surface area contributed by atoms with Crippen LogP contribution in [0.5, 0.6) is 0 Å². The second-order valence-corrected chi connectivity index (χ2v) is 5.31. The van der Waals surface area contributed by atoms with Gasteiger partial charge >= 0.3 is 0 Å². The summed E-state index contributed by atoms with van der Waals surface area (Å²) < 4.78 is 5.39. The van der Waals surface area contributed by atoms with Crippen molar-refractivity contribution >= 4 is 27.5 Å². The van der Waals surface area contributed by atoms with Crippen LogP contribution in [0.3, 0.4) is 0 Å². The van der Waals surface area contributed by atoms with E-state index in [0.29, 0.717) is 6.42 Å². The molecule has 3 nitrogen and oxygen atoms in total. The zero-order chi connectivity index (χ0) is 12.7. The standard InChI is InChI=1S/C14H12BrNO2/c1-16-11-5-4-9(7-10(11)8-13(16)17)14(15)12-3-2-6-18-12/h2-7,14H,8H2,1H3. The van der Waals surface area contributed by atoms with Crippen molar-refractivity contribution in [1.82, 2.24) is 0 Å². The molecule has 0 N–H and O–H groups in total. The Kier molecular flexibility index (Phi) is 2.74. The smallest absolute Gasteiger partial charge is 0.231 e. The summed E-state index contributed by atoms with van der Waals surface area (Å²) in [5.41, 5.74) is 3.19. The van der Waals surface area contributed by atoms with Crippen LogP contribution in [0.15, 0.2) is 41.0 Å². The number of benzene rings is 1. The lowest BCUT2D eigenvalue weighted by atomic mass is 10.0. The molecule has 92 valence electrons. The van der Waals surface area contributed by atoms with Gasteiger partial charge in [-0.25, -0.2) is 0 Å². The van der Waals surface area contributed by atoms with E-state index >= 15 is 0 Å². The van der Waals surface area contributed by atoms with E-state index in [1.165, 1.54) is 0 Å². The van der Waals surface area contributed by atoms with Gasteiger partial charge in [-0.3, -0.25) is 4.79 Å². The number of amides is 1. The molecule has 0 saturated carbocycles. The van der Waals surface area contributed by atoms with Gasteiger partial charge in [-0.15, -0.1) is 0 Å². The minimum absolute atomic E-state index is 0.0267. The summed E-state index contributed by atoms with van der Waals surface area (Å²) in [6.07, 6.45) is 2.14. The van der Waals surface area contributed by atoms with Crippen LogP contribution in [0, 0.1) is 0 Å². The molecule has 1 unspecified atom stereocenters. The molecule has 1 atom stereocenters. The van der Waals surface area contributed by atoms with Crippen LogP contribution in [-0.4, -0.2) is 13.0 Å². The molecule has 2 aromatic rings. The van der Waals surface area contributed by atoms with Crippen LogP contribution >= 0.6 is 15.9 Å². The van der Waals surface area contributed by atoms with Gasteiger partial charge < -0.3 is 9.32 Å². The van der Waals surface area contributed by atoms with Gasteiger partial charge in [0.2, 0.25) is 5.91 Å². The van der Waals surface area contributed by atoms with Gasteiger partial charge in [-0.05, 0) is 29.3 Å². The number of fused-ring (bicyclic) bond motifs is 1. The Labute approximate surface area is 114 Å². The van der Waals surface area contributed by atoms with Gasteiger partial charge in [-0.2, -0.15) is 0 Å². The number of hydrogen-bond acceptors (Lipinski definition) is 2. The number of likely N-dealkylation sites (N-methyl/N-ethyl adjacent to an activating group) is 1. The number of carbonyl (C=O) groups excluding carboxylic acids is 1. The summed E-state index contributed by atoms with van der Waals surface area (Å²) in [7, 11) is 1.81. The fourth-order valence-electron chi connectivity index (χ4n) is 2.25. The van der Waals surface area contributed by atoms with E-state index in [0.717, 1.165) is 22.6 Å². The maximum atomic E-state index is 11.6. The largest absolute Gasteiger partial charge is 0.468 e. The maximum Gasteiger partial charge on any atom is 0.231 e. The van der Waals surface area contributed by atoms with E-state index in [2.05, 4.69) is 22.0 Å². The molecule has 0 bridgehead atoms. The molecule has 1 aromatic heterocycles. The SMILES string of the molecule is CN1C(=O)Cc2cc(C(Br)c3ccco3)ccc21. The van der Waals surface area contributed by atoms with Crippen LogP contribution in [0.2, 0.25) is 0 Å². The number of nitrogens with zero attached hydrogens (tertiary/aromatic N) is 1. The molecule has 1 aromatic carbocycles. The first-order chi connectivity index (χ1) is 8.66. The van der Waals surface area contributed by atoms with Crippen molar-refractivity contribution in [2.24, 2.45) is 0 Å². The highest BCUT2D eigenvalue weighted by atomic mass is 79.9. The van der Waals surface area contributed by atoms with Crippen LogP contribution < -0.4 is 4.90 Å². The van der Waals surface area contributed by atoms with E-state index in [-0.39, 0.29) is 10.7 Å². The van der Waals surface area contributed by atoms with Crippen molar-refractivity contribution in [3.8, 4) is 0 Å². The Hall–Kier alpha value is -1.55. The normalized spacial score (nSPS) is 15.9. The Morgan fingerprint density at radius 2 is 2.22 bits per heavy atom. The van der Waals surface area contributed by atoms with Gasteiger partial charge in [0.1, 0.15) is 5.76 Å². The zero-order valence-corrected chi connectivity index (χ0v) is 11.5. The molecular formula is C14H12BrNO2. The monoisotopic (exact) mass is 305 g/mol. The maximum absolute atomic E-state index is 11.6. The van der Waals surface area contributed by atoms with Gasteiger partial charge in [0.25, 0.3) is 0 Å². The third kappa shape index (κ3) is 1.77. The lowest BCUT2D eigenvalue weighted by Crippen LogP contribution is -2.20. The molecule has 1 aliphatic heterocycles. The van der Waals surface area contributed by atoms with E-state index in [1.54, 1.807) is 11.2 Å². The lowest BCUT2D eigenvalue weighted by Gasteiger charge is -2.12. The molecule has 4 heteroatoms. The Morgan fingerprint density at radius 1 is 1.39 bits per heavy atom. The lowest BCUT2D eigenvalue weighted by molar-refractivity contribution is -0.117. The van der Waals surface area contributed by atoms with E-state index in [4.69, 9.17) is 4.42 Å². The van der Waals surface area contributed by atoms with E-state index < -0.39 is 0 Å². The van der Waals surface area contributed by atoms with Crippen molar-refractivity contribution in [2.45, 2.75) is 11.2 Å². The molecule has 1 aliphatic rings. The fraction of sp³-hybridized carbons (Fsp3) is 0.214. The molecule has 3 rings (SSSR count). The zero-order valence-electron chi connectivity index (χ0n) is 9.89. The molecular weight excluding hydrogens is 294 g/mol. The van der Waals surface area contributed by atoms with Crippen molar-refractivity contribution in [3.63, 3.8) is 0 Å². The molecule has 0 spiro atoms. The summed E-state index contributed by atoms with van der Waals surface area (Å²) in [6.45, 7) is 0. The van der Waals surface area contributed by atoms with Crippen LogP contribution in [0.4, 0.5) is 5.69 Å². The van der Waals surface area contributed by atoms with Crippen molar-refractivity contribution in [1.29, 1.82) is 0 Å². The number of furan rings is 1. The topological polar surface area (TPSA) is 33.5 Å². The highest BCUT2D eigenvalue weighted by Gasteiger charge is 2.25. The summed E-state index contributed by atoms with van der Waals surface area (Å²) in [6, 6.07) is 9.89. The van der Waals surface area contributed by atoms with Gasteiger partial charge in [0.15, 0.2) is 0 Å². The molecule has 18 heavy (non-hydrogen) atoms. The predicted molar refractivity (Wildman–Crippen MR) is 73.0 cm³/mol. The van der Waals surface area contributed by atoms with Gasteiger partial charge in [0, 0.05) is 12.7 Å². The molecule has 0 saturated heterocycles. The Morgan fingerprint density at radius 3 is 2.94 bits per heavy atom. The van der Waals surface area contributed by atoms with Crippen molar-refractivity contribution in [2.75, 3.05) is 11.9 Å². The Bertz CT molecular complexity index is 592. The second kappa shape index (κ2) is 4.28. The van der Waals surface area contributed by atoms with Crippen molar-refractivity contribution < 1.29 is 9.21 Å². The number of hydrogen-bond donors (Lipinski definition) is 0. The molecule has 0 fully saturated rings. The summed E-state index contributed by atoms with van der Waals surface area (Å²) in [4.78, 5) is 13.4. The van der Waals surface area contributed by atoms with Crippen molar-refractivity contribution in [3.05, 3.63) is 53.5 Å². The summed E-state index contributed by atoms with van der Waals surface area (Å²) >= 11 is 3.62. The minimum Gasteiger partial charge on any atom is -0.468 e. The number of carbonyl (C=O) groups is 1. The number of halogens is 1. The molecule has 0 aliphatic carbocycles. The average Bonchev–Trinajstić information content (AvgIpc) is 2.98. The Balaban J connectivity index is 1.97. The number of alkyl halides is 1. The van der Waals surface area contributed by atoms with Crippen LogP contribution in [0.1, 0.15) is 21.7 Å². The van der Waals surface area contributed by atoms with Gasteiger partial charge in [-0.1, -0.05) is 28.1 Å². The van der Waals surface area contributed by atoms with Gasteiger partial charge in [0.05, 0.1) is 17.5 Å². The highest BCUT2D eigenvalue weighted by Crippen LogP contribution is 2.35. The fourth-order valence-corrected chi connectivity index (χ4v) is 2.79. The predicted octanol–water partition coefficient (Wildman–Crippen LogP) is 3.28. The third-order valence-electron chi connectivity index (χ3n) is 3.27. The van der Waals surface area contributed by atoms with E-state index in [9.17, 15) is 4.79 Å². The van der Waals surface area contributed by atoms with E-state index in [1.807, 2.05) is 31.3 Å². The first kappa shape index (κ1) is 11.5. The highest BCUT2D eigenvalue weighted by molar-refractivity contribution is 9.09. The first-order valence-electron chi connectivity index (χ1n) is 5.73. The first-order valence-corrected chi connectivity index (χ1v) is 6.65. The average molecular weight is 306 g/mol. The number of rotatable bonds is 2. The van der Waals surface area contributed by atoms with Crippen LogP contribution in [0.25, 0.3) is 0 Å².